The van der Waals surface area contributed by atoms with Crippen molar-refractivity contribution in [2.24, 2.45) is 0 Å². The Morgan fingerprint density at radius 2 is 2.03 bits per heavy atom. The lowest BCUT2D eigenvalue weighted by molar-refractivity contribution is -0.127. The van der Waals surface area contributed by atoms with E-state index in [1.165, 1.54) is 11.6 Å². The molecule has 0 fully saturated rings. The summed E-state index contributed by atoms with van der Waals surface area (Å²) < 4.78 is 6.89. The van der Waals surface area contributed by atoms with E-state index in [2.05, 4.69) is 10.3 Å². The van der Waals surface area contributed by atoms with Gasteiger partial charge in [0.05, 0.1) is 18.8 Å². The first-order chi connectivity index (χ1) is 13.9. The Morgan fingerprint density at radius 3 is 2.72 bits per heavy atom. The third kappa shape index (κ3) is 3.86. The summed E-state index contributed by atoms with van der Waals surface area (Å²) in [5.41, 5.74) is 4.87. The number of benzene rings is 1. The van der Waals surface area contributed by atoms with Crippen molar-refractivity contribution in [1.82, 2.24) is 14.9 Å². The Bertz CT molecular complexity index is 1060. The fourth-order valence-corrected chi connectivity index (χ4v) is 3.31. The van der Waals surface area contributed by atoms with Crippen LogP contribution in [0.1, 0.15) is 23.7 Å². The van der Waals surface area contributed by atoms with Gasteiger partial charge >= 0.3 is 5.69 Å². The minimum absolute atomic E-state index is 0.120. The van der Waals surface area contributed by atoms with E-state index in [1.807, 2.05) is 6.92 Å². The molecule has 0 aliphatic carbocycles. The van der Waals surface area contributed by atoms with Crippen LogP contribution in [0.25, 0.3) is 0 Å². The van der Waals surface area contributed by atoms with Gasteiger partial charge in [0.1, 0.15) is 17.1 Å². The Balaban J connectivity index is 1.96. The van der Waals surface area contributed by atoms with Gasteiger partial charge in [-0.1, -0.05) is 19.1 Å². The van der Waals surface area contributed by atoms with Crippen LogP contribution in [-0.4, -0.2) is 47.5 Å². The van der Waals surface area contributed by atoms with Gasteiger partial charge < -0.3 is 20.7 Å². The van der Waals surface area contributed by atoms with Gasteiger partial charge in [0, 0.05) is 13.6 Å². The first kappa shape index (κ1) is 20.2. The predicted octanol–water partition coefficient (Wildman–Crippen LogP) is -0.275. The topological polar surface area (TPSA) is 140 Å². The first-order valence-electron chi connectivity index (χ1n) is 9.25. The van der Waals surface area contributed by atoms with Crippen molar-refractivity contribution < 1.29 is 14.3 Å². The van der Waals surface area contributed by atoms with Gasteiger partial charge in [-0.3, -0.25) is 23.9 Å². The number of nitrogens with one attached hydrogen (secondary N) is 2. The lowest BCUT2D eigenvalue weighted by atomic mass is 10.1. The Labute approximate surface area is 166 Å². The summed E-state index contributed by atoms with van der Waals surface area (Å²) in [6.45, 7) is 2.04. The average molecular weight is 401 g/mol. The van der Waals surface area contributed by atoms with E-state index in [-0.39, 0.29) is 36.9 Å². The number of ether oxygens (including phenoxy) is 1. The quantitative estimate of drug-likeness (QED) is 0.566. The van der Waals surface area contributed by atoms with Crippen molar-refractivity contribution in [2.45, 2.75) is 26.0 Å². The third-order valence-corrected chi connectivity index (χ3v) is 4.70. The molecule has 0 bridgehead atoms. The number of Topliss-reactive ketones (excluding diaryl/α,β-unsaturated/α-hetero) is 1. The van der Waals surface area contributed by atoms with Crippen LogP contribution in [0.3, 0.4) is 0 Å². The fourth-order valence-electron chi connectivity index (χ4n) is 3.31. The molecule has 1 aliphatic heterocycles. The molecule has 1 aromatic carbocycles. The number of para-hydroxylation sites is 2. The molecular weight excluding hydrogens is 378 g/mol. The summed E-state index contributed by atoms with van der Waals surface area (Å²) in [6.07, 6.45) is -0.207. The van der Waals surface area contributed by atoms with Crippen molar-refractivity contribution in [1.29, 1.82) is 0 Å². The summed E-state index contributed by atoms with van der Waals surface area (Å²) in [4.78, 5) is 53.1. The van der Waals surface area contributed by atoms with E-state index in [0.29, 0.717) is 17.9 Å². The molecule has 0 spiro atoms. The average Bonchev–Trinajstić information content (AvgIpc) is 2.70. The van der Waals surface area contributed by atoms with Crippen LogP contribution in [0.5, 0.6) is 5.75 Å². The lowest BCUT2D eigenvalue weighted by Gasteiger charge is -2.35. The van der Waals surface area contributed by atoms with E-state index >= 15 is 0 Å². The molecule has 2 heterocycles. The number of likely N-dealkylation sites (N-methyl/N-ethyl adjacent to an activating group) is 1. The monoisotopic (exact) mass is 401 g/mol. The van der Waals surface area contributed by atoms with E-state index in [1.54, 1.807) is 29.2 Å². The molecule has 1 atom stereocenters. The summed E-state index contributed by atoms with van der Waals surface area (Å²) in [5, 5.41) is 2.53. The van der Waals surface area contributed by atoms with Crippen molar-refractivity contribution in [3.63, 3.8) is 0 Å². The molecule has 29 heavy (non-hydrogen) atoms. The molecule has 0 radical (unpaired) electrons. The van der Waals surface area contributed by atoms with Gasteiger partial charge in [-0.15, -0.1) is 0 Å². The first-order valence-corrected chi connectivity index (χ1v) is 9.25. The molecule has 0 saturated heterocycles. The number of H-pyrrole nitrogens is 1. The minimum Gasteiger partial charge on any atom is -0.477 e. The highest BCUT2D eigenvalue weighted by Gasteiger charge is 2.32. The zero-order valence-corrected chi connectivity index (χ0v) is 16.2. The van der Waals surface area contributed by atoms with Crippen LogP contribution >= 0.6 is 0 Å². The molecule has 10 heteroatoms. The van der Waals surface area contributed by atoms with Crippen LogP contribution in [0.2, 0.25) is 0 Å². The minimum atomic E-state index is -0.825. The standard InChI is InChI=1S/C19H23N5O5/c1-3-8-24-16(20)15(18(27)22-19(24)28)12(25)9-23-10-14(17(26)21-2)29-13-7-5-4-6-11(13)23/h4-7,14H,3,8-10,20H2,1-2H3,(H,21,26)(H,22,27,28)/t14-/m0/s1. The number of anilines is 2. The molecule has 1 amide bonds. The molecular formula is C19H23N5O5. The Hall–Kier alpha value is -3.56. The highest BCUT2D eigenvalue weighted by molar-refractivity contribution is 6.02. The third-order valence-electron chi connectivity index (χ3n) is 4.70. The van der Waals surface area contributed by atoms with Crippen LogP contribution in [0.4, 0.5) is 11.5 Å². The SMILES string of the molecule is CCCn1c(N)c(C(=O)CN2C[C@@H](C(=O)NC)Oc3ccccc32)c(=O)[nH]c1=O. The molecule has 0 unspecified atom stereocenters. The molecule has 1 aliphatic rings. The van der Waals surface area contributed by atoms with E-state index in [0.717, 1.165) is 0 Å². The van der Waals surface area contributed by atoms with Crippen LogP contribution < -0.4 is 31.9 Å². The number of ketones is 1. The Kier molecular flexibility index (Phi) is 5.71. The number of fused-ring (bicyclic) bond motifs is 1. The number of nitrogens with zero attached hydrogens (tertiary/aromatic N) is 2. The van der Waals surface area contributed by atoms with Crippen molar-refractivity contribution in [3.8, 4) is 5.75 Å². The van der Waals surface area contributed by atoms with E-state index < -0.39 is 23.1 Å². The highest BCUT2D eigenvalue weighted by atomic mass is 16.5. The van der Waals surface area contributed by atoms with Crippen molar-refractivity contribution in [2.75, 3.05) is 30.8 Å². The summed E-state index contributed by atoms with van der Waals surface area (Å²) in [5.74, 6) is -0.584. The lowest BCUT2D eigenvalue weighted by Crippen LogP contribution is -2.50. The molecule has 0 saturated carbocycles. The number of aromatic nitrogens is 2. The molecule has 10 nitrogen and oxygen atoms in total. The van der Waals surface area contributed by atoms with Crippen LogP contribution in [-0.2, 0) is 11.3 Å². The van der Waals surface area contributed by atoms with Crippen molar-refractivity contribution in [3.05, 3.63) is 50.7 Å². The number of carbonyl (C=O) groups excluding carboxylic acids is 2. The smallest absolute Gasteiger partial charge is 0.329 e. The number of carbonyl (C=O) groups is 2. The molecule has 4 N–H and O–H groups in total. The second kappa shape index (κ2) is 8.21. The summed E-state index contributed by atoms with van der Waals surface area (Å²) in [7, 11) is 1.50. The molecule has 154 valence electrons. The normalized spacial score (nSPS) is 15.4. The highest BCUT2D eigenvalue weighted by Crippen LogP contribution is 2.33. The van der Waals surface area contributed by atoms with Gasteiger partial charge in [-0.25, -0.2) is 4.79 Å². The maximum Gasteiger partial charge on any atom is 0.329 e. The van der Waals surface area contributed by atoms with Crippen LogP contribution in [0, 0.1) is 0 Å². The molecule has 2 aromatic rings. The summed E-state index contributed by atoms with van der Waals surface area (Å²) >= 11 is 0. The summed E-state index contributed by atoms with van der Waals surface area (Å²) in [6, 6.07) is 7.00. The second-order valence-electron chi connectivity index (χ2n) is 6.66. The fraction of sp³-hybridized carbons (Fsp3) is 0.368. The van der Waals surface area contributed by atoms with Gasteiger partial charge in [0.25, 0.3) is 11.5 Å². The van der Waals surface area contributed by atoms with E-state index in [4.69, 9.17) is 10.5 Å². The Morgan fingerprint density at radius 1 is 1.31 bits per heavy atom. The van der Waals surface area contributed by atoms with Gasteiger partial charge in [0.15, 0.2) is 11.9 Å². The van der Waals surface area contributed by atoms with Gasteiger partial charge in [0.2, 0.25) is 0 Å². The second-order valence-corrected chi connectivity index (χ2v) is 6.66. The maximum absolute atomic E-state index is 13.0. The largest absolute Gasteiger partial charge is 0.477 e. The number of hydrogen-bond donors (Lipinski definition) is 3. The zero-order valence-electron chi connectivity index (χ0n) is 16.2. The van der Waals surface area contributed by atoms with E-state index in [9.17, 15) is 19.2 Å². The number of hydrogen-bond acceptors (Lipinski definition) is 7. The molecule has 3 rings (SSSR count). The number of aromatic amines is 1. The number of rotatable bonds is 6. The van der Waals surface area contributed by atoms with Crippen molar-refractivity contribution >= 4 is 23.2 Å². The number of nitrogens with two attached hydrogens (primary N) is 1. The molecule has 1 aromatic heterocycles. The zero-order chi connectivity index (χ0) is 21.1. The van der Waals surface area contributed by atoms with Crippen LogP contribution in [0.15, 0.2) is 33.9 Å². The maximum atomic E-state index is 13.0. The van der Waals surface area contributed by atoms with Gasteiger partial charge in [-0.2, -0.15) is 0 Å². The van der Waals surface area contributed by atoms with Gasteiger partial charge in [-0.05, 0) is 18.6 Å². The number of nitrogen functional groups attached to an aromatic ring is 1. The predicted molar refractivity (Wildman–Crippen MR) is 107 cm³/mol. The number of amides is 1.